The molecular formula is C18H22N2O4S3. The first kappa shape index (κ1) is 20.3. The summed E-state index contributed by atoms with van der Waals surface area (Å²) in [6.45, 7) is 1.73. The van der Waals surface area contributed by atoms with E-state index in [1.807, 2.05) is 24.3 Å². The van der Waals surface area contributed by atoms with E-state index in [-0.39, 0.29) is 15.7 Å². The average Bonchev–Trinajstić information content (AvgIpc) is 3.19. The maximum absolute atomic E-state index is 12.9. The molecule has 0 unspecified atom stereocenters. The second-order valence-electron chi connectivity index (χ2n) is 6.01. The second kappa shape index (κ2) is 9.20. The molecule has 1 fully saturated rings. The number of sulfonamides is 1. The van der Waals surface area contributed by atoms with E-state index in [0.717, 1.165) is 34.0 Å². The van der Waals surface area contributed by atoms with Crippen molar-refractivity contribution in [2.24, 2.45) is 0 Å². The third kappa shape index (κ3) is 4.72. The molecule has 1 aromatic carbocycles. The van der Waals surface area contributed by atoms with Crippen LogP contribution in [0.5, 0.6) is 0 Å². The molecule has 146 valence electrons. The van der Waals surface area contributed by atoms with Gasteiger partial charge in [-0.2, -0.15) is 16.1 Å². The minimum Gasteiger partial charge on any atom is -0.380 e. The maximum Gasteiger partial charge on any atom is 0.263 e. The third-order valence-corrected chi connectivity index (χ3v) is 8.21. The monoisotopic (exact) mass is 426 g/mol. The highest BCUT2D eigenvalue weighted by molar-refractivity contribution is 7.99. The highest BCUT2D eigenvalue weighted by Crippen LogP contribution is 2.27. The predicted octanol–water partition coefficient (Wildman–Crippen LogP) is 2.56. The molecule has 9 heteroatoms. The molecule has 0 saturated carbocycles. The number of nitrogens with one attached hydrogen (secondary N) is 1. The summed E-state index contributed by atoms with van der Waals surface area (Å²) in [5.41, 5.74) is 1.94. The zero-order valence-electron chi connectivity index (χ0n) is 15.0. The van der Waals surface area contributed by atoms with Crippen molar-refractivity contribution in [2.75, 3.05) is 31.7 Å². The van der Waals surface area contributed by atoms with Crippen molar-refractivity contribution < 1.29 is 17.9 Å². The molecule has 3 rings (SSSR count). The van der Waals surface area contributed by atoms with E-state index in [1.165, 1.54) is 10.4 Å². The number of methoxy groups -OCH3 is 1. The van der Waals surface area contributed by atoms with Gasteiger partial charge in [0.2, 0.25) is 10.0 Å². The summed E-state index contributed by atoms with van der Waals surface area (Å²) in [6.07, 6.45) is 0. The van der Waals surface area contributed by atoms with Gasteiger partial charge in [0.1, 0.15) is 9.77 Å². The Kier molecular flexibility index (Phi) is 6.93. The molecule has 1 aliphatic heterocycles. The second-order valence-corrected chi connectivity index (χ2v) is 10.1. The van der Waals surface area contributed by atoms with E-state index in [9.17, 15) is 13.2 Å². The number of benzene rings is 1. The topological polar surface area (TPSA) is 75.7 Å². The number of nitrogens with zero attached hydrogens (tertiary/aromatic N) is 1. The summed E-state index contributed by atoms with van der Waals surface area (Å²) >= 11 is 2.89. The van der Waals surface area contributed by atoms with Crippen LogP contribution in [0, 0.1) is 0 Å². The number of ether oxygens (including phenoxy) is 1. The van der Waals surface area contributed by atoms with Gasteiger partial charge < -0.3 is 10.1 Å². The molecule has 27 heavy (non-hydrogen) atoms. The van der Waals surface area contributed by atoms with Crippen molar-refractivity contribution in [3.63, 3.8) is 0 Å². The van der Waals surface area contributed by atoms with Gasteiger partial charge in [0.15, 0.2) is 0 Å². The van der Waals surface area contributed by atoms with Crippen LogP contribution in [-0.2, 0) is 27.9 Å². The Hall–Kier alpha value is -1.39. The summed E-state index contributed by atoms with van der Waals surface area (Å²) < 4.78 is 32.5. The number of hydrogen-bond donors (Lipinski definition) is 1. The van der Waals surface area contributed by atoms with Crippen LogP contribution < -0.4 is 5.32 Å². The Morgan fingerprint density at radius 3 is 2.59 bits per heavy atom. The zero-order valence-corrected chi connectivity index (χ0v) is 17.5. The van der Waals surface area contributed by atoms with Crippen molar-refractivity contribution in [3.8, 4) is 0 Å². The maximum atomic E-state index is 12.9. The van der Waals surface area contributed by atoms with Crippen LogP contribution in [0.2, 0.25) is 0 Å². The number of thioether (sulfide) groups is 1. The molecule has 0 atom stereocenters. The first-order chi connectivity index (χ1) is 13.0. The Morgan fingerprint density at radius 1 is 1.19 bits per heavy atom. The summed E-state index contributed by atoms with van der Waals surface area (Å²) in [6, 6.07) is 9.21. The molecular weight excluding hydrogens is 404 g/mol. The van der Waals surface area contributed by atoms with E-state index in [1.54, 1.807) is 24.3 Å². The van der Waals surface area contributed by atoms with Crippen LogP contribution in [-0.4, -0.2) is 50.3 Å². The highest BCUT2D eigenvalue weighted by Gasteiger charge is 2.31. The van der Waals surface area contributed by atoms with Crippen LogP contribution in [0.1, 0.15) is 20.8 Å². The number of carbonyl (C=O) groups is 1. The molecule has 6 nitrogen and oxygen atoms in total. The summed E-state index contributed by atoms with van der Waals surface area (Å²) in [7, 11) is -2.02. The van der Waals surface area contributed by atoms with E-state index in [0.29, 0.717) is 26.2 Å². The summed E-state index contributed by atoms with van der Waals surface area (Å²) in [5.74, 6) is 1.18. The lowest BCUT2D eigenvalue weighted by molar-refractivity contribution is 0.0951. The third-order valence-electron chi connectivity index (χ3n) is 4.28. The summed E-state index contributed by atoms with van der Waals surface area (Å²) in [5, 5.41) is 4.50. The van der Waals surface area contributed by atoms with Crippen LogP contribution in [0.15, 0.2) is 40.6 Å². The van der Waals surface area contributed by atoms with E-state index < -0.39 is 10.0 Å². The predicted molar refractivity (Wildman–Crippen MR) is 109 cm³/mol. The molecule has 1 amide bonds. The quantitative estimate of drug-likeness (QED) is 0.736. The van der Waals surface area contributed by atoms with Gasteiger partial charge in [0, 0.05) is 38.2 Å². The lowest BCUT2D eigenvalue weighted by Crippen LogP contribution is -2.38. The fourth-order valence-corrected chi connectivity index (χ4v) is 6.77. The van der Waals surface area contributed by atoms with Gasteiger partial charge in [-0.05, 0) is 22.6 Å². The molecule has 1 saturated heterocycles. The van der Waals surface area contributed by atoms with Crippen molar-refractivity contribution in [1.29, 1.82) is 0 Å². The highest BCUT2D eigenvalue weighted by atomic mass is 32.2. The smallest absolute Gasteiger partial charge is 0.263 e. The molecule has 2 heterocycles. The first-order valence-electron chi connectivity index (χ1n) is 8.53. The number of amides is 1. The zero-order chi connectivity index (χ0) is 19.3. The SMILES string of the molecule is COCc1ccccc1CNC(=O)c1sccc1S(=O)(=O)N1CCSCC1. The fraction of sp³-hybridized carbons (Fsp3) is 0.389. The largest absolute Gasteiger partial charge is 0.380 e. The van der Waals surface area contributed by atoms with Crippen molar-refractivity contribution in [2.45, 2.75) is 18.0 Å². The lowest BCUT2D eigenvalue weighted by atomic mass is 10.1. The number of carbonyl (C=O) groups excluding carboxylic acids is 1. The minimum atomic E-state index is -3.64. The molecule has 0 bridgehead atoms. The van der Waals surface area contributed by atoms with Crippen molar-refractivity contribution in [3.05, 3.63) is 51.7 Å². The molecule has 1 aromatic heterocycles. The molecule has 1 aliphatic rings. The van der Waals surface area contributed by atoms with Crippen LogP contribution >= 0.6 is 23.1 Å². The van der Waals surface area contributed by atoms with Crippen molar-refractivity contribution >= 4 is 39.0 Å². The van der Waals surface area contributed by atoms with Gasteiger partial charge in [-0.1, -0.05) is 24.3 Å². The van der Waals surface area contributed by atoms with E-state index in [4.69, 9.17) is 4.74 Å². The fourth-order valence-electron chi connectivity index (χ4n) is 2.87. The van der Waals surface area contributed by atoms with Gasteiger partial charge in [-0.3, -0.25) is 4.79 Å². The molecule has 0 spiro atoms. The van der Waals surface area contributed by atoms with Gasteiger partial charge in [0.25, 0.3) is 5.91 Å². The Balaban J connectivity index is 1.75. The van der Waals surface area contributed by atoms with Gasteiger partial charge >= 0.3 is 0 Å². The van der Waals surface area contributed by atoms with Crippen LogP contribution in [0.25, 0.3) is 0 Å². The normalized spacial score (nSPS) is 15.6. The lowest BCUT2D eigenvalue weighted by Gasteiger charge is -2.25. The Bertz CT molecular complexity index is 890. The van der Waals surface area contributed by atoms with Crippen molar-refractivity contribution in [1.82, 2.24) is 9.62 Å². The summed E-state index contributed by atoms with van der Waals surface area (Å²) in [4.78, 5) is 13.0. The number of thiophene rings is 1. The standard InChI is InChI=1S/C18H22N2O4S3/c1-24-13-15-5-3-2-4-14(15)12-19-18(21)17-16(6-9-26-17)27(22,23)20-7-10-25-11-8-20/h2-6,9H,7-8,10-13H2,1H3,(H,19,21). The molecule has 1 N–H and O–H groups in total. The molecule has 0 aliphatic carbocycles. The number of hydrogen-bond acceptors (Lipinski definition) is 6. The van der Waals surface area contributed by atoms with Crippen LogP contribution in [0.4, 0.5) is 0 Å². The Morgan fingerprint density at radius 2 is 1.89 bits per heavy atom. The first-order valence-corrected chi connectivity index (χ1v) is 12.0. The Labute approximate surface area is 168 Å². The van der Waals surface area contributed by atoms with E-state index >= 15 is 0 Å². The molecule has 0 radical (unpaired) electrons. The van der Waals surface area contributed by atoms with Gasteiger partial charge in [0.05, 0.1) is 6.61 Å². The average molecular weight is 427 g/mol. The minimum absolute atomic E-state index is 0.0991. The van der Waals surface area contributed by atoms with Gasteiger partial charge in [-0.15, -0.1) is 11.3 Å². The number of rotatable bonds is 7. The van der Waals surface area contributed by atoms with E-state index in [2.05, 4.69) is 5.32 Å². The molecule has 2 aromatic rings. The van der Waals surface area contributed by atoms with Crippen LogP contribution in [0.3, 0.4) is 0 Å². The van der Waals surface area contributed by atoms with Gasteiger partial charge in [-0.25, -0.2) is 8.42 Å².